The number of hydrogen-bond acceptors (Lipinski definition) is 4. The normalized spacial score (nSPS) is 10.8. The van der Waals surface area contributed by atoms with E-state index in [2.05, 4.69) is 4.74 Å². The molecule has 0 bridgehead atoms. The van der Waals surface area contributed by atoms with Gasteiger partial charge in [0.25, 0.3) is 0 Å². The summed E-state index contributed by atoms with van der Waals surface area (Å²) in [4.78, 5) is 20.7. The second-order valence-electron chi connectivity index (χ2n) is 2.63. The van der Waals surface area contributed by atoms with Crippen molar-refractivity contribution in [2.24, 2.45) is 0 Å². The van der Waals surface area contributed by atoms with Crippen molar-refractivity contribution in [3.63, 3.8) is 0 Å². The molecule has 0 fully saturated rings. The maximum atomic E-state index is 10.4. The van der Waals surface area contributed by atoms with Gasteiger partial charge in [-0.15, -0.1) is 0 Å². The Morgan fingerprint density at radius 1 is 1.08 bits per heavy atom. The summed E-state index contributed by atoms with van der Waals surface area (Å²) in [5.74, 6) is -0.642. The summed E-state index contributed by atoms with van der Waals surface area (Å²) >= 11 is 0. The molecular weight excluding hydrogens is 172 g/mol. The Balaban J connectivity index is 3.63. The van der Waals surface area contributed by atoms with E-state index in [1.807, 2.05) is 0 Å². The van der Waals surface area contributed by atoms with Gasteiger partial charge in [-0.3, -0.25) is 9.59 Å². The molecular formula is C9H14O4. The Hall–Kier alpha value is -1.32. The first kappa shape index (κ1) is 11.7. The highest BCUT2D eigenvalue weighted by Crippen LogP contribution is 1.94. The van der Waals surface area contributed by atoms with Crippen molar-refractivity contribution in [3.05, 3.63) is 11.6 Å². The number of hydrogen-bond donors (Lipinski definition) is 0. The SMILES string of the molecule is CC(=O)OCC=C(C)COC(C)=O. The first-order valence-corrected chi connectivity index (χ1v) is 3.94. The van der Waals surface area contributed by atoms with Crippen molar-refractivity contribution < 1.29 is 19.1 Å². The van der Waals surface area contributed by atoms with Crippen LogP contribution in [0.15, 0.2) is 11.6 Å². The number of carbonyl (C=O) groups excluding carboxylic acids is 2. The van der Waals surface area contributed by atoms with Gasteiger partial charge in [0.15, 0.2) is 0 Å². The second-order valence-corrected chi connectivity index (χ2v) is 2.63. The smallest absolute Gasteiger partial charge is 0.302 e. The largest absolute Gasteiger partial charge is 0.462 e. The third-order valence-corrected chi connectivity index (χ3v) is 1.22. The Bertz CT molecular complexity index is 218. The highest BCUT2D eigenvalue weighted by atomic mass is 16.5. The van der Waals surface area contributed by atoms with E-state index in [9.17, 15) is 9.59 Å². The number of esters is 2. The van der Waals surface area contributed by atoms with Crippen molar-refractivity contribution >= 4 is 11.9 Å². The van der Waals surface area contributed by atoms with Gasteiger partial charge in [0, 0.05) is 13.8 Å². The molecule has 0 saturated heterocycles. The molecule has 0 atom stereocenters. The lowest BCUT2D eigenvalue weighted by molar-refractivity contribution is -0.141. The molecule has 4 nitrogen and oxygen atoms in total. The maximum Gasteiger partial charge on any atom is 0.302 e. The first-order chi connectivity index (χ1) is 6.02. The minimum absolute atomic E-state index is 0.225. The molecule has 13 heavy (non-hydrogen) atoms. The van der Waals surface area contributed by atoms with Crippen molar-refractivity contribution in [1.82, 2.24) is 0 Å². The second kappa shape index (κ2) is 6.22. The van der Waals surface area contributed by atoms with E-state index in [1.54, 1.807) is 13.0 Å². The molecule has 0 spiro atoms. The molecule has 0 aliphatic rings. The van der Waals surface area contributed by atoms with Crippen LogP contribution in [0.4, 0.5) is 0 Å². The Kier molecular flexibility index (Phi) is 5.59. The quantitative estimate of drug-likeness (QED) is 0.486. The number of carbonyl (C=O) groups is 2. The summed E-state index contributed by atoms with van der Waals surface area (Å²) in [6.07, 6.45) is 1.70. The summed E-state index contributed by atoms with van der Waals surface area (Å²) in [5.41, 5.74) is 0.858. The third-order valence-electron chi connectivity index (χ3n) is 1.22. The summed E-state index contributed by atoms with van der Waals surface area (Å²) in [6.45, 7) is 4.96. The van der Waals surface area contributed by atoms with Crippen LogP contribution in [0.3, 0.4) is 0 Å². The zero-order valence-corrected chi connectivity index (χ0v) is 8.12. The van der Waals surface area contributed by atoms with Crippen molar-refractivity contribution in [2.75, 3.05) is 13.2 Å². The van der Waals surface area contributed by atoms with Gasteiger partial charge in [0.05, 0.1) is 0 Å². The minimum Gasteiger partial charge on any atom is -0.462 e. The van der Waals surface area contributed by atoms with E-state index < -0.39 is 0 Å². The number of ether oxygens (including phenoxy) is 2. The summed E-state index contributed by atoms with van der Waals surface area (Å²) < 4.78 is 9.38. The topological polar surface area (TPSA) is 52.6 Å². The monoisotopic (exact) mass is 186 g/mol. The van der Waals surface area contributed by atoms with Crippen LogP contribution in [0.25, 0.3) is 0 Å². The van der Waals surface area contributed by atoms with Crippen LogP contribution < -0.4 is 0 Å². The maximum absolute atomic E-state index is 10.4. The molecule has 0 heterocycles. The summed E-state index contributed by atoms with van der Waals surface area (Å²) in [5, 5.41) is 0. The van der Waals surface area contributed by atoms with E-state index >= 15 is 0 Å². The average molecular weight is 186 g/mol. The predicted molar refractivity (Wildman–Crippen MR) is 47.0 cm³/mol. The highest BCUT2D eigenvalue weighted by Gasteiger charge is 1.94. The highest BCUT2D eigenvalue weighted by molar-refractivity contribution is 5.66. The van der Waals surface area contributed by atoms with Gasteiger partial charge in [0.1, 0.15) is 13.2 Å². The third kappa shape index (κ3) is 8.59. The molecule has 0 aromatic carbocycles. The Morgan fingerprint density at radius 2 is 1.62 bits per heavy atom. The van der Waals surface area contributed by atoms with Crippen molar-refractivity contribution in [1.29, 1.82) is 0 Å². The molecule has 0 aromatic rings. The van der Waals surface area contributed by atoms with Gasteiger partial charge in [-0.1, -0.05) is 0 Å². The first-order valence-electron chi connectivity index (χ1n) is 3.94. The molecule has 74 valence electrons. The molecule has 0 radical (unpaired) electrons. The Morgan fingerprint density at radius 3 is 2.08 bits per heavy atom. The predicted octanol–water partition coefficient (Wildman–Crippen LogP) is 1.06. The number of rotatable bonds is 4. The van der Waals surface area contributed by atoms with E-state index in [0.717, 1.165) is 5.57 Å². The van der Waals surface area contributed by atoms with Gasteiger partial charge < -0.3 is 9.47 Å². The van der Waals surface area contributed by atoms with Crippen LogP contribution in [0, 0.1) is 0 Å². The molecule has 4 heteroatoms. The molecule has 0 unspecified atom stereocenters. The van der Waals surface area contributed by atoms with Gasteiger partial charge in [-0.2, -0.15) is 0 Å². The average Bonchev–Trinajstić information content (AvgIpc) is 2.00. The lowest BCUT2D eigenvalue weighted by atomic mass is 10.3. The van der Waals surface area contributed by atoms with Crippen LogP contribution in [0.2, 0.25) is 0 Å². The van der Waals surface area contributed by atoms with E-state index in [1.165, 1.54) is 13.8 Å². The molecule has 0 aliphatic heterocycles. The van der Waals surface area contributed by atoms with Gasteiger partial charge >= 0.3 is 11.9 Å². The van der Waals surface area contributed by atoms with Gasteiger partial charge in [-0.25, -0.2) is 0 Å². The van der Waals surface area contributed by atoms with E-state index in [-0.39, 0.29) is 25.2 Å². The van der Waals surface area contributed by atoms with Gasteiger partial charge in [-0.05, 0) is 18.6 Å². The van der Waals surface area contributed by atoms with Gasteiger partial charge in [0.2, 0.25) is 0 Å². The zero-order valence-electron chi connectivity index (χ0n) is 8.12. The lowest BCUT2D eigenvalue weighted by Crippen LogP contribution is -2.03. The fourth-order valence-corrected chi connectivity index (χ4v) is 0.576. The summed E-state index contributed by atoms with van der Waals surface area (Å²) in [6, 6.07) is 0. The van der Waals surface area contributed by atoms with Crippen LogP contribution in [-0.2, 0) is 19.1 Å². The standard InChI is InChI=1S/C9H14O4/c1-7(6-13-9(3)11)4-5-12-8(2)10/h4H,5-6H2,1-3H3. The molecule has 0 N–H and O–H groups in total. The molecule has 0 saturated carbocycles. The van der Waals surface area contributed by atoms with Crippen LogP contribution in [-0.4, -0.2) is 25.2 Å². The molecule has 0 amide bonds. The summed E-state index contributed by atoms with van der Waals surface area (Å²) in [7, 11) is 0. The molecule has 0 aliphatic carbocycles. The van der Waals surface area contributed by atoms with E-state index in [0.29, 0.717) is 0 Å². The fraction of sp³-hybridized carbons (Fsp3) is 0.556. The van der Waals surface area contributed by atoms with Crippen molar-refractivity contribution in [3.8, 4) is 0 Å². The van der Waals surface area contributed by atoms with Crippen LogP contribution >= 0.6 is 0 Å². The lowest BCUT2D eigenvalue weighted by Gasteiger charge is -2.02. The molecule has 0 aromatic heterocycles. The molecule has 0 rings (SSSR count). The Labute approximate surface area is 77.5 Å². The van der Waals surface area contributed by atoms with E-state index in [4.69, 9.17) is 4.74 Å². The zero-order chi connectivity index (χ0) is 10.3. The fourth-order valence-electron chi connectivity index (χ4n) is 0.576. The van der Waals surface area contributed by atoms with Crippen molar-refractivity contribution in [2.45, 2.75) is 20.8 Å². The van der Waals surface area contributed by atoms with Crippen LogP contribution in [0.1, 0.15) is 20.8 Å². The minimum atomic E-state index is -0.323. The van der Waals surface area contributed by atoms with Crippen LogP contribution in [0.5, 0.6) is 0 Å².